The molecule has 1 unspecified atom stereocenters. The smallest absolute Gasteiger partial charge is 0.137 e. The quantitative estimate of drug-likeness (QED) is 0.785. The molecule has 0 aliphatic heterocycles. The summed E-state index contributed by atoms with van der Waals surface area (Å²) in [7, 11) is 0. The number of hydrogen-bond donors (Lipinski definition) is 2. The molecule has 1 atom stereocenters. The summed E-state index contributed by atoms with van der Waals surface area (Å²) in [5, 5.41) is 12.3. The molecule has 0 fully saturated rings. The minimum absolute atomic E-state index is 0.272. The minimum Gasteiger partial charge on any atom is -0.396 e. The molecular formula is C14H21N3O. The van der Waals surface area contributed by atoms with Gasteiger partial charge in [-0.3, -0.25) is 0 Å². The van der Waals surface area contributed by atoms with Crippen molar-refractivity contribution in [3.63, 3.8) is 0 Å². The fourth-order valence-electron chi connectivity index (χ4n) is 2.11. The molecule has 4 heteroatoms. The number of aliphatic hydroxyl groups excluding tert-OH is 1. The van der Waals surface area contributed by atoms with E-state index in [1.54, 1.807) is 0 Å². The molecule has 0 saturated heterocycles. The molecule has 98 valence electrons. The monoisotopic (exact) mass is 247 g/mol. The Labute approximate surface area is 108 Å². The highest BCUT2D eigenvalue weighted by molar-refractivity contribution is 5.39. The van der Waals surface area contributed by atoms with E-state index in [4.69, 9.17) is 5.11 Å². The van der Waals surface area contributed by atoms with E-state index in [0.29, 0.717) is 5.92 Å². The van der Waals surface area contributed by atoms with Crippen LogP contribution in [0.15, 0.2) is 30.6 Å². The average molecular weight is 247 g/mol. The fraction of sp³-hybridized carbons (Fsp3) is 0.500. The molecule has 0 amide bonds. The molecule has 0 bridgehead atoms. The van der Waals surface area contributed by atoms with Gasteiger partial charge >= 0.3 is 0 Å². The molecule has 2 heterocycles. The van der Waals surface area contributed by atoms with Crippen molar-refractivity contribution in [2.24, 2.45) is 5.92 Å². The number of nitrogens with zero attached hydrogens (tertiary/aromatic N) is 2. The van der Waals surface area contributed by atoms with Crippen molar-refractivity contribution in [3.05, 3.63) is 36.3 Å². The third kappa shape index (κ3) is 3.31. The maximum Gasteiger partial charge on any atom is 0.137 e. The van der Waals surface area contributed by atoms with Crippen molar-refractivity contribution in [3.8, 4) is 0 Å². The summed E-state index contributed by atoms with van der Waals surface area (Å²) in [6.45, 7) is 4.15. The van der Waals surface area contributed by atoms with Gasteiger partial charge in [-0.15, -0.1) is 0 Å². The maximum absolute atomic E-state index is 8.94. The van der Waals surface area contributed by atoms with Gasteiger partial charge in [0, 0.05) is 25.5 Å². The Bertz CT molecular complexity index is 448. The number of imidazole rings is 1. The van der Waals surface area contributed by atoms with Crippen LogP contribution in [-0.2, 0) is 6.54 Å². The standard InChI is InChI=1S/C14H21N3O/c1-2-12(6-8-18)9-15-10-13-11-17-7-4-3-5-14(17)16-13/h3-5,7,11-12,15,18H,2,6,8-10H2,1H3. The highest BCUT2D eigenvalue weighted by Gasteiger charge is 2.06. The van der Waals surface area contributed by atoms with Crippen LogP contribution in [-0.4, -0.2) is 27.6 Å². The summed E-state index contributed by atoms with van der Waals surface area (Å²) in [6.07, 6.45) is 6.02. The van der Waals surface area contributed by atoms with Crippen LogP contribution in [0.5, 0.6) is 0 Å². The number of hydrogen-bond acceptors (Lipinski definition) is 3. The van der Waals surface area contributed by atoms with E-state index in [0.717, 1.165) is 37.3 Å². The van der Waals surface area contributed by atoms with E-state index < -0.39 is 0 Å². The van der Waals surface area contributed by atoms with Gasteiger partial charge in [-0.2, -0.15) is 0 Å². The Kier molecular flexibility index (Phi) is 4.73. The largest absolute Gasteiger partial charge is 0.396 e. The lowest BCUT2D eigenvalue weighted by molar-refractivity contribution is 0.251. The molecule has 18 heavy (non-hydrogen) atoms. The molecule has 2 aromatic rings. The van der Waals surface area contributed by atoms with Gasteiger partial charge in [0.05, 0.1) is 5.69 Å². The predicted octanol–water partition coefficient (Wildman–Crippen LogP) is 1.83. The van der Waals surface area contributed by atoms with Crippen LogP contribution in [0.1, 0.15) is 25.5 Å². The summed E-state index contributed by atoms with van der Waals surface area (Å²) >= 11 is 0. The van der Waals surface area contributed by atoms with E-state index >= 15 is 0 Å². The molecule has 4 nitrogen and oxygen atoms in total. The highest BCUT2D eigenvalue weighted by atomic mass is 16.3. The first-order valence-corrected chi connectivity index (χ1v) is 6.57. The minimum atomic E-state index is 0.272. The Balaban J connectivity index is 1.86. The molecule has 0 radical (unpaired) electrons. The number of aliphatic hydroxyl groups is 1. The van der Waals surface area contributed by atoms with Gasteiger partial charge in [-0.1, -0.05) is 19.4 Å². The summed E-state index contributed by atoms with van der Waals surface area (Å²) < 4.78 is 2.03. The molecule has 0 saturated carbocycles. The summed E-state index contributed by atoms with van der Waals surface area (Å²) in [5.74, 6) is 0.548. The number of fused-ring (bicyclic) bond motifs is 1. The zero-order chi connectivity index (χ0) is 12.8. The average Bonchev–Trinajstić information content (AvgIpc) is 2.80. The van der Waals surface area contributed by atoms with E-state index in [2.05, 4.69) is 23.4 Å². The van der Waals surface area contributed by atoms with Crippen molar-refractivity contribution in [1.29, 1.82) is 0 Å². The van der Waals surface area contributed by atoms with Gasteiger partial charge < -0.3 is 14.8 Å². The second kappa shape index (κ2) is 6.52. The van der Waals surface area contributed by atoms with Crippen molar-refractivity contribution >= 4 is 5.65 Å². The highest BCUT2D eigenvalue weighted by Crippen LogP contribution is 2.07. The Morgan fingerprint density at radius 2 is 2.33 bits per heavy atom. The molecule has 0 aliphatic rings. The van der Waals surface area contributed by atoms with Crippen molar-refractivity contribution in [1.82, 2.24) is 14.7 Å². The fourth-order valence-corrected chi connectivity index (χ4v) is 2.11. The van der Waals surface area contributed by atoms with E-state index in [-0.39, 0.29) is 6.61 Å². The topological polar surface area (TPSA) is 49.6 Å². The normalized spacial score (nSPS) is 13.0. The molecule has 0 aliphatic carbocycles. The molecular weight excluding hydrogens is 226 g/mol. The van der Waals surface area contributed by atoms with Gasteiger partial charge in [0.15, 0.2) is 0 Å². The van der Waals surface area contributed by atoms with Crippen LogP contribution in [0.25, 0.3) is 5.65 Å². The van der Waals surface area contributed by atoms with E-state index in [1.807, 2.05) is 28.8 Å². The van der Waals surface area contributed by atoms with Crippen LogP contribution in [0.2, 0.25) is 0 Å². The second-order valence-corrected chi connectivity index (χ2v) is 4.62. The van der Waals surface area contributed by atoms with Gasteiger partial charge in [-0.25, -0.2) is 4.98 Å². The SMILES string of the molecule is CCC(CCO)CNCc1cn2ccccc2n1. The summed E-state index contributed by atoms with van der Waals surface area (Å²) in [4.78, 5) is 4.53. The third-order valence-corrected chi connectivity index (χ3v) is 3.27. The Morgan fingerprint density at radius 1 is 1.44 bits per heavy atom. The number of rotatable bonds is 7. The van der Waals surface area contributed by atoms with Crippen LogP contribution < -0.4 is 5.32 Å². The zero-order valence-electron chi connectivity index (χ0n) is 10.8. The Hall–Kier alpha value is -1.39. The maximum atomic E-state index is 8.94. The van der Waals surface area contributed by atoms with E-state index in [1.165, 1.54) is 0 Å². The van der Waals surface area contributed by atoms with Gasteiger partial charge in [-0.05, 0) is 31.0 Å². The lowest BCUT2D eigenvalue weighted by Gasteiger charge is -2.13. The Morgan fingerprint density at radius 3 is 3.06 bits per heavy atom. The van der Waals surface area contributed by atoms with Crippen LogP contribution in [0.3, 0.4) is 0 Å². The zero-order valence-corrected chi connectivity index (χ0v) is 10.8. The van der Waals surface area contributed by atoms with Gasteiger partial charge in [0.25, 0.3) is 0 Å². The van der Waals surface area contributed by atoms with Gasteiger partial charge in [0.1, 0.15) is 5.65 Å². The molecule has 2 N–H and O–H groups in total. The van der Waals surface area contributed by atoms with Crippen LogP contribution >= 0.6 is 0 Å². The summed E-state index contributed by atoms with van der Waals surface area (Å²) in [6, 6.07) is 6.00. The first-order chi connectivity index (χ1) is 8.83. The van der Waals surface area contributed by atoms with Crippen LogP contribution in [0, 0.1) is 5.92 Å². The first-order valence-electron chi connectivity index (χ1n) is 6.57. The van der Waals surface area contributed by atoms with E-state index in [9.17, 15) is 0 Å². The van der Waals surface area contributed by atoms with Crippen LogP contribution in [0.4, 0.5) is 0 Å². The van der Waals surface area contributed by atoms with Crippen molar-refractivity contribution < 1.29 is 5.11 Å². The summed E-state index contributed by atoms with van der Waals surface area (Å²) in [5.41, 5.74) is 2.04. The molecule has 2 rings (SSSR count). The number of nitrogens with one attached hydrogen (secondary N) is 1. The van der Waals surface area contributed by atoms with Crippen molar-refractivity contribution in [2.75, 3.05) is 13.2 Å². The lowest BCUT2D eigenvalue weighted by atomic mass is 10.0. The third-order valence-electron chi connectivity index (χ3n) is 3.27. The number of pyridine rings is 1. The lowest BCUT2D eigenvalue weighted by Crippen LogP contribution is -2.23. The molecule has 0 spiro atoms. The van der Waals surface area contributed by atoms with Gasteiger partial charge in [0.2, 0.25) is 0 Å². The molecule has 2 aromatic heterocycles. The van der Waals surface area contributed by atoms with Crippen molar-refractivity contribution in [2.45, 2.75) is 26.3 Å². The first kappa shape index (κ1) is 13.1. The predicted molar refractivity (Wildman–Crippen MR) is 72.4 cm³/mol. The molecule has 0 aromatic carbocycles. The second-order valence-electron chi connectivity index (χ2n) is 4.62. The number of aromatic nitrogens is 2.